The topological polar surface area (TPSA) is 111 Å². The lowest BCUT2D eigenvalue weighted by Gasteiger charge is -2.15. The predicted octanol–water partition coefficient (Wildman–Crippen LogP) is 1.19. The number of ketones is 1. The highest BCUT2D eigenvalue weighted by molar-refractivity contribution is 7.90. The van der Waals surface area contributed by atoms with Gasteiger partial charge >= 0.3 is 0 Å². The molecule has 1 aliphatic heterocycles. The van der Waals surface area contributed by atoms with Crippen LogP contribution in [0, 0.1) is 6.92 Å². The van der Waals surface area contributed by atoms with Gasteiger partial charge in [-0.2, -0.15) is 5.10 Å². The Morgan fingerprint density at radius 1 is 1.36 bits per heavy atom. The Labute approximate surface area is 144 Å². The highest BCUT2D eigenvalue weighted by atomic mass is 32.2. The lowest BCUT2D eigenvalue weighted by Crippen LogP contribution is -2.17. The standard InChI is InChI=1S/C16H17N3O5S/c1-9-4-5-12(25(3,22)23)14(11-6-7-24-18-11)13(9)15(20)10-8-17-19(2)16(10)21/h4-5,8,21H,6-7H2,1-3H3. The van der Waals surface area contributed by atoms with Crippen LogP contribution in [0.25, 0.3) is 0 Å². The minimum absolute atomic E-state index is 0.00276. The summed E-state index contributed by atoms with van der Waals surface area (Å²) in [5.74, 6) is -0.803. The van der Waals surface area contributed by atoms with E-state index in [2.05, 4.69) is 10.3 Å². The second-order valence-corrected chi connectivity index (χ2v) is 7.84. The van der Waals surface area contributed by atoms with Crippen molar-refractivity contribution in [3.8, 4) is 5.88 Å². The molecule has 1 aromatic carbocycles. The van der Waals surface area contributed by atoms with Crippen molar-refractivity contribution in [2.75, 3.05) is 12.9 Å². The van der Waals surface area contributed by atoms with Crippen molar-refractivity contribution in [3.63, 3.8) is 0 Å². The van der Waals surface area contributed by atoms with E-state index < -0.39 is 15.6 Å². The van der Waals surface area contributed by atoms with Crippen molar-refractivity contribution in [2.24, 2.45) is 12.2 Å². The molecule has 1 aromatic heterocycles. The zero-order valence-electron chi connectivity index (χ0n) is 14.0. The van der Waals surface area contributed by atoms with Gasteiger partial charge in [-0.3, -0.25) is 4.79 Å². The van der Waals surface area contributed by atoms with Gasteiger partial charge in [-0.15, -0.1) is 0 Å². The average molecular weight is 363 g/mol. The lowest BCUT2D eigenvalue weighted by molar-refractivity contribution is 0.103. The SMILES string of the molecule is Cc1ccc(S(C)(=O)=O)c(C2=NOCC2)c1C(=O)c1cnn(C)c1O. The molecule has 0 radical (unpaired) electrons. The van der Waals surface area contributed by atoms with Crippen molar-refractivity contribution >= 4 is 21.3 Å². The summed E-state index contributed by atoms with van der Waals surface area (Å²) < 4.78 is 25.6. The number of hydrogen-bond donors (Lipinski definition) is 1. The van der Waals surface area contributed by atoms with Crippen molar-refractivity contribution in [3.05, 3.63) is 40.6 Å². The fourth-order valence-corrected chi connectivity index (χ4v) is 3.69. The van der Waals surface area contributed by atoms with Crippen molar-refractivity contribution in [1.29, 1.82) is 0 Å². The summed E-state index contributed by atoms with van der Waals surface area (Å²) >= 11 is 0. The van der Waals surface area contributed by atoms with Crippen LogP contribution < -0.4 is 0 Å². The first-order valence-corrected chi connectivity index (χ1v) is 9.39. The molecule has 2 heterocycles. The van der Waals surface area contributed by atoms with Crippen molar-refractivity contribution in [1.82, 2.24) is 9.78 Å². The fourth-order valence-electron chi connectivity index (χ4n) is 2.78. The summed E-state index contributed by atoms with van der Waals surface area (Å²) in [6, 6.07) is 3.03. The largest absolute Gasteiger partial charge is 0.493 e. The van der Waals surface area contributed by atoms with Crippen LogP contribution in [0.15, 0.2) is 28.4 Å². The fraction of sp³-hybridized carbons (Fsp3) is 0.312. The Kier molecular flexibility index (Phi) is 4.11. The van der Waals surface area contributed by atoms with Gasteiger partial charge in [0.2, 0.25) is 11.7 Å². The lowest BCUT2D eigenvalue weighted by atomic mass is 9.92. The summed E-state index contributed by atoms with van der Waals surface area (Å²) in [5.41, 5.74) is 1.38. The molecule has 1 N–H and O–H groups in total. The van der Waals surface area contributed by atoms with Crippen LogP contribution in [-0.2, 0) is 21.7 Å². The molecule has 0 fully saturated rings. The minimum Gasteiger partial charge on any atom is -0.493 e. The highest BCUT2D eigenvalue weighted by Gasteiger charge is 2.30. The van der Waals surface area contributed by atoms with Crippen LogP contribution in [-0.4, -0.2) is 47.7 Å². The Balaban J connectivity index is 2.32. The Bertz CT molecular complexity index is 1010. The van der Waals surface area contributed by atoms with Gasteiger partial charge in [0.1, 0.15) is 12.2 Å². The van der Waals surface area contributed by atoms with Crippen LogP contribution in [0.3, 0.4) is 0 Å². The number of nitrogens with zero attached hydrogens (tertiary/aromatic N) is 3. The van der Waals surface area contributed by atoms with Gasteiger partial charge in [0.05, 0.1) is 16.8 Å². The van der Waals surface area contributed by atoms with Gasteiger partial charge in [-0.1, -0.05) is 11.2 Å². The highest BCUT2D eigenvalue weighted by Crippen LogP contribution is 2.30. The molecule has 25 heavy (non-hydrogen) atoms. The van der Waals surface area contributed by atoms with Gasteiger partial charge < -0.3 is 9.94 Å². The van der Waals surface area contributed by atoms with Gasteiger partial charge in [-0.25, -0.2) is 13.1 Å². The van der Waals surface area contributed by atoms with E-state index in [9.17, 15) is 18.3 Å². The smallest absolute Gasteiger partial charge is 0.220 e. The monoisotopic (exact) mass is 363 g/mol. The Morgan fingerprint density at radius 2 is 2.08 bits per heavy atom. The maximum absolute atomic E-state index is 13.1. The van der Waals surface area contributed by atoms with Gasteiger partial charge in [-0.05, 0) is 18.6 Å². The first-order valence-electron chi connectivity index (χ1n) is 7.50. The van der Waals surface area contributed by atoms with Crippen LogP contribution in [0.2, 0.25) is 0 Å². The first kappa shape index (κ1) is 17.2. The number of sulfone groups is 1. The maximum atomic E-state index is 13.1. The van der Waals surface area contributed by atoms with Crippen molar-refractivity contribution < 1.29 is 23.2 Å². The molecule has 0 atom stereocenters. The van der Waals surface area contributed by atoms with E-state index in [4.69, 9.17) is 4.84 Å². The van der Waals surface area contributed by atoms with Gasteiger partial charge in [0.25, 0.3) is 0 Å². The molecule has 1 aliphatic rings. The molecular formula is C16H17N3O5S. The molecule has 2 aromatic rings. The molecule has 0 saturated heterocycles. The number of oxime groups is 1. The van der Waals surface area contributed by atoms with Crippen LogP contribution in [0.4, 0.5) is 0 Å². The number of aromatic nitrogens is 2. The van der Waals surface area contributed by atoms with E-state index in [1.54, 1.807) is 13.0 Å². The van der Waals surface area contributed by atoms with E-state index in [0.717, 1.165) is 6.26 Å². The quantitative estimate of drug-likeness (QED) is 0.817. The molecule has 0 bridgehead atoms. The molecule has 8 nitrogen and oxygen atoms in total. The molecule has 0 aliphatic carbocycles. The summed E-state index contributed by atoms with van der Waals surface area (Å²) in [4.78, 5) is 18.1. The molecule has 9 heteroatoms. The first-order chi connectivity index (χ1) is 11.7. The van der Waals surface area contributed by atoms with Gasteiger partial charge in [0.15, 0.2) is 9.84 Å². The Hall–Kier alpha value is -2.68. The van der Waals surface area contributed by atoms with Crippen LogP contribution >= 0.6 is 0 Å². The predicted molar refractivity (Wildman–Crippen MR) is 89.7 cm³/mol. The molecular weight excluding hydrogens is 346 g/mol. The Morgan fingerprint density at radius 3 is 2.60 bits per heavy atom. The van der Waals surface area contributed by atoms with Crippen LogP contribution in [0.1, 0.15) is 33.5 Å². The van der Waals surface area contributed by atoms with E-state index >= 15 is 0 Å². The number of rotatable bonds is 4. The molecule has 0 saturated carbocycles. The second kappa shape index (κ2) is 5.99. The summed E-state index contributed by atoms with van der Waals surface area (Å²) in [6.45, 7) is 2.02. The third-order valence-electron chi connectivity index (χ3n) is 4.05. The maximum Gasteiger partial charge on any atom is 0.220 e. The second-order valence-electron chi connectivity index (χ2n) is 5.86. The number of benzene rings is 1. The molecule has 3 rings (SSSR count). The van der Waals surface area contributed by atoms with E-state index in [1.165, 1.54) is 24.0 Å². The minimum atomic E-state index is -3.60. The van der Waals surface area contributed by atoms with E-state index in [0.29, 0.717) is 24.3 Å². The normalized spacial score (nSPS) is 14.3. The molecule has 0 spiro atoms. The number of hydrogen-bond acceptors (Lipinski definition) is 7. The zero-order valence-corrected chi connectivity index (χ0v) is 14.8. The molecule has 0 unspecified atom stereocenters. The third-order valence-corrected chi connectivity index (χ3v) is 5.19. The van der Waals surface area contributed by atoms with Crippen LogP contribution in [0.5, 0.6) is 5.88 Å². The molecule has 0 amide bonds. The number of carbonyl (C=O) groups excluding carboxylic acids is 1. The van der Waals surface area contributed by atoms with E-state index in [-0.39, 0.29) is 27.5 Å². The third kappa shape index (κ3) is 2.91. The van der Waals surface area contributed by atoms with Gasteiger partial charge in [0, 0.05) is 30.9 Å². The number of aryl methyl sites for hydroxylation is 2. The van der Waals surface area contributed by atoms with E-state index in [1.807, 2.05) is 0 Å². The average Bonchev–Trinajstić information content (AvgIpc) is 3.16. The summed E-state index contributed by atoms with van der Waals surface area (Å²) in [7, 11) is -2.10. The summed E-state index contributed by atoms with van der Waals surface area (Å²) in [6.07, 6.45) is 2.72. The molecule has 132 valence electrons. The number of carbonyl (C=O) groups is 1. The summed E-state index contributed by atoms with van der Waals surface area (Å²) in [5, 5.41) is 17.8. The zero-order chi connectivity index (χ0) is 18.4. The number of aromatic hydroxyl groups is 1. The van der Waals surface area contributed by atoms with Crippen molar-refractivity contribution in [2.45, 2.75) is 18.2 Å².